The molecule has 0 aromatic carbocycles. The van der Waals surface area contributed by atoms with Crippen LogP contribution in [0.1, 0.15) is 33.1 Å². The molecule has 54 valence electrons. The topological polar surface area (TPSA) is 0 Å². The first-order chi connectivity index (χ1) is 4.27. The number of rotatable bonds is 2. The maximum atomic E-state index is 2.39. The Morgan fingerprint density at radius 1 is 1.56 bits per heavy atom. The van der Waals surface area contributed by atoms with Crippen LogP contribution in [0.15, 0.2) is 0 Å². The minimum atomic E-state index is 0.624. The summed E-state index contributed by atoms with van der Waals surface area (Å²) in [4.78, 5) is 0. The Morgan fingerprint density at radius 2 is 2.33 bits per heavy atom. The molecular formula is C7H14S2. The average molecular weight is 162 g/mol. The van der Waals surface area contributed by atoms with Crippen LogP contribution in [-0.2, 0) is 0 Å². The molecule has 0 radical (unpaired) electrons. The van der Waals surface area contributed by atoms with Crippen molar-refractivity contribution in [3.8, 4) is 0 Å². The van der Waals surface area contributed by atoms with E-state index in [1.165, 1.54) is 25.0 Å². The van der Waals surface area contributed by atoms with E-state index < -0.39 is 0 Å². The summed E-state index contributed by atoms with van der Waals surface area (Å²) in [6.45, 7) is 4.66. The fourth-order valence-corrected chi connectivity index (χ4v) is 4.54. The van der Waals surface area contributed by atoms with Crippen LogP contribution in [0.4, 0.5) is 0 Å². The van der Waals surface area contributed by atoms with E-state index in [0.717, 1.165) is 0 Å². The second-order valence-electron chi connectivity index (χ2n) is 2.86. The predicted molar refractivity (Wildman–Crippen MR) is 48.0 cm³/mol. The Morgan fingerprint density at radius 3 is 2.78 bits per heavy atom. The second kappa shape index (κ2) is 3.20. The van der Waals surface area contributed by atoms with Gasteiger partial charge < -0.3 is 0 Å². The summed E-state index contributed by atoms with van der Waals surface area (Å²) in [7, 11) is 4.12. The molecule has 1 saturated heterocycles. The molecule has 0 amide bonds. The van der Waals surface area contributed by atoms with Gasteiger partial charge in [0.1, 0.15) is 0 Å². The van der Waals surface area contributed by atoms with E-state index in [0.29, 0.717) is 4.75 Å². The lowest BCUT2D eigenvalue weighted by molar-refractivity contribution is 0.572. The zero-order valence-corrected chi connectivity index (χ0v) is 7.78. The Bertz CT molecular complexity index is 84.9. The highest BCUT2D eigenvalue weighted by Gasteiger charge is 2.28. The summed E-state index contributed by atoms with van der Waals surface area (Å²) in [5.74, 6) is 1.36. The van der Waals surface area contributed by atoms with Gasteiger partial charge in [-0.2, -0.15) is 0 Å². The van der Waals surface area contributed by atoms with Crippen molar-refractivity contribution in [3.63, 3.8) is 0 Å². The van der Waals surface area contributed by atoms with Gasteiger partial charge in [0, 0.05) is 10.5 Å². The molecule has 0 saturated carbocycles. The highest BCUT2D eigenvalue weighted by molar-refractivity contribution is 8.77. The molecule has 0 spiro atoms. The van der Waals surface area contributed by atoms with E-state index in [2.05, 4.69) is 24.6 Å². The van der Waals surface area contributed by atoms with E-state index in [4.69, 9.17) is 0 Å². The summed E-state index contributed by atoms with van der Waals surface area (Å²) in [6, 6.07) is 0. The molecule has 0 nitrogen and oxygen atoms in total. The van der Waals surface area contributed by atoms with Gasteiger partial charge in [-0.25, -0.2) is 0 Å². The quantitative estimate of drug-likeness (QED) is 0.571. The lowest BCUT2D eigenvalue weighted by Crippen LogP contribution is -2.14. The summed E-state index contributed by atoms with van der Waals surface area (Å²) in [6.07, 6.45) is 4.14. The summed E-state index contributed by atoms with van der Waals surface area (Å²) >= 11 is 0. The zero-order chi connectivity index (χ0) is 6.74. The van der Waals surface area contributed by atoms with Crippen molar-refractivity contribution in [2.45, 2.75) is 37.9 Å². The second-order valence-corrected chi connectivity index (χ2v) is 5.86. The third-order valence-corrected chi connectivity index (χ3v) is 5.11. The molecule has 0 bridgehead atoms. The van der Waals surface area contributed by atoms with Crippen molar-refractivity contribution < 1.29 is 0 Å². The van der Waals surface area contributed by atoms with Gasteiger partial charge in [0.2, 0.25) is 0 Å². The third-order valence-electron chi connectivity index (χ3n) is 1.75. The van der Waals surface area contributed by atoms with Crippen LogP contribution < -0.4 is 0 Å². The first kappa shape index (κ1) is 7.80. The fourth-order valence-electron chi connectivity index (χ4n) is 1.18. The summed E-state index contributed by atoms with van der Waals surface area (Å²) in [5, 5.41) is 0. The van der Waals surface area contributed by atoms with Gasteiger partial charge in [-0.15, -0.1) is 0 Å². The van der Waals surface area contributed by atoms with E-state index in [9.17, 15) is 0 Å². The third kappa shape index (κ3) is 2.08. The molecule has 0 unspecified atom stereocenters. The molecule has 1 atom stereocenters. The summed E-state index contributed by atoms with van der Waals surface area (Å²) < 4.78 is 0.624. The molecule has 1 fully saturated rings. The Labute approximate surface area is 65.6 Å². The van der Waals surface area contributed by atoms with Crippen LogP contribution in [-0.4, -0.2) is 10.5 Å². The fraction of sp³-hybridized carbons (Fsp3) is 1.00. The molecule has 1 aliphatic heterocycles. The van der Waals surface area contributed by atoms with Gasteiger partial charge in [-0.05, 0) is 19.8 Å². The van der Waals surface area contributed by atoms with E-state index in [1.54, 1.807) is 0 Å². The van der Waals surface area contributed by atoms with Crippen molar-refractivity contribution in [2.75, 3.05) is 5.75 Å². The molecule has 1 aliphatic rings. The minimum Gasteiger partial charge on any atom is -0.0935 e. The first-order valence-electron chi connectivity index (χ1n) is 3.57. The summed E-state index contributed by atoms with van der Waals surface area (Å²) in [5.41, 5.74) is 0. The maximum Gasteiger partial charge on any atom is 0.0243 e. The lowest BCUT2D eigenvalue weighted by Gasteiger charge is -2.19. The smallest absolute Gasteiger partial charge is 0.0243 e. The normalized spacial score (nSPS) is 35.3. The largest absolute Gasteiger partial charge is 0.0935 e. The van der Waals surface area contributed by atoms with Gasteiger partial charge in [0.05, 0.1) is 0 Å². The van der Waals surface area contributed by atoms with Gasteiger partial charge in [0.25, 0.3) is 0 Å². The maximum absolute atomic E-state index is 2.39. The Hall–Kier alpha value is 0.700. The van der Waals surface area contributed by atoms with Crippen LogP contribution in [0.2, 0.25) is 0 Å². The molecule has 1 heterocycles. The molecule has 9 heavy (non-hydrogen) atoms. The van der Waals surface area contributed by atoms with Crippen molar-refractivity contribution in [3.05, 3.63) is 0 Å². The molecular weight excluding hydrogens is 148 g/mol. The lowest BCUT2D eigenvalue weighted by atomic mass is 10.0. The first-order valence-corrected chi connectivity index (χ1v) is 5.89. The highest BCUT2D eigenvalue weighted by Crippen LogP contribution is 2.48. The van der Waals surface area contributed by atoms with Crippen LogP contribution in [0.25, 0.3) is 0 Å². The van der Waals surface area contributed by atoms with E-state index in [1.807, 2.05) is 10.8 Å². The standard InChI is InChI=1S/C7H14S2/c1-3-4-7(2)5-6-8-9-7/h3-6H2,1-2H3/t7-/m1/s1. The Balaban J connectivity index is 2.32. The van der Waals surface area contributed by atoms with E-state index >= 15 is 0 Å². The van der Waals surface area contributed by atoms with Gasteiger partial charge in [-0.1, -0.05) is 34.9 Å². The van der Waals surface area contributed by atoms with Gasteiger partial charge >= 0.3 is 0 Å². The molecule has 0 aromatic heterocycles. The van der Waals surface area contributed by atoms with E-state index in [-0.39, 0.29) is 0 Å². The van der Waals surface area contributed by atoms with Crippen LogP contribution in [0.5, 0.6) is 0 Å². The van der Waals surface area contributed by atoms with Crippen LogP contribution in [0.3, 0.4) is 0 Å². The average Bonchev–Trinajstić information content (AvgIpc) is 2.16. The van der Waals surface area contributed by atoms with Crippen LogP contribution in [0, 0.1) is 0 Å². The van der Waals surface area contributed by atoms with Gasteiger partial charge in [-0.3, -0.25) is 0 Å². The molecule has 0 aliphatic carbocycles. The highest BCUT2D eigenvalue weighted by atomic mass is 33.1. The molecule has 0 N–H and O–H groups in total. The zero-order valence-electron chi connectivity index (χ0n) is 6.14. The van der Waals surface area contributed by atoms with Crippen molar-refractivity contribution in [2.24, 2.45) is 0 Å². The molecule has 1 rings (SSSR count). The van der Waals surface area contributed by atoms with Crippen molar-refractivity contribution in [1.82, 2.24) is 0 Å². The van der Waals surface area contributed by atoms with Crippen molar-refractivity contribution in [1.29, 1.82) is 0 Å². The number of hydrogen-bond acceptors (Lipinski definition) is 2. The van der Waals surface area contributed by atoms with Crippen molar-refractivity contribution >= 4 is 21.6 Å². The minimum absolute atomic E-state index is 0.624. The van der Waals surface area contributed by atoms with Gasteiger partial charge in [0.15, 0.2) is 0 Å². The predicted octanol–water partition coefficient (Wildman–Crippen LogP) is 3.33. The molecule has 2 heteroatoms. The Kier molecular flexibility index (Phi) is 2.77. The number of hydrogen-bond donors (Lipinski definition) is 0. The monoisotopic (exact) mass is 162 g/mol. The van der Waals surface area contributed by atoms with Crippen LogP contribution >= 0.6 is 21.6 Å². The SMILES string of the molecule is CCC[C@]1(C)CCSS1. The molecule has 0 aromatic rings.